The van der Waals surface area contributed by atoms with Crippen LogP contribution in [0.4, 0.5) is 10.8 Å². The molecule has 0 spiro atoms. The van der Waals surface area contributed by atoms with Gasteiger partial charge in [-0.1, -0.05) is 0 Å². The number of aromatic hydroxyl groups is 3. The Kier molecular flexibility index (Phi) is 6.08. The molecule has 2 aromatic carbocycles. The summed E-state index contributed by atoms with van der Waals surface area (Å²) in [6.07, 6.45) is 3.77. The molecular weight excluding hydrogens is 504 g/mol. The second-order valence-electron chi connectivity index (χ2n) is 7.99. The monoisotopic (exact) mass is 524 g/mol. The highest BCUT2D eigenvalue weighted by molar-refractivity contribution is 7.93. The minimum absolute atomic E-state index is 0.00270. The average Bonchev–Trinajstić information content (AvgIpc) is 3.51. The Labute approximate surface area is 210 Å². The van der Waals surface area contributed by atoms with Gasteiger partial charge in [-0.05, 0) is 37.3 Å². The lowest BCUT2D eigenvalue weighted by Gasteiger charge is -2.16. The van der Waals surface area contributed by atoms with Crippen molar-refractivity contribution in [1.29, 1.82) is 0 Å². The van der Waals surface area contributed by atoms with Gasteiger partial charge in [0.05, 0.1) is 22.9 Å². The first-order chi connectivity index (χ1) is 17.2. The normalized spacial score (nSPS) is 15.3. The molecule has 0 saturated carbocycles. The topological polar surface area (TPSA) is 154 Å². The van der Waals surface area contributed by atoms with Crippen LogP contribution >= 0.6 is 11.3 Å². The first kappa shape index (κ1) is 23.7. The van der Waals surface area contributed by atoms with E-state index in [1.54, 1.807) is 18.5 Å². The van der Waals surface area contributed by atoms with Gasteiger partial charge in [0.1, 0.15) is 23.4 Å². The molecule has 10 nitrogen and oxygen atoms in total. The Hall–Kier alpha value is -4.00. The number of aryl methyl sites for hydroxylation is 1. The second-order valence-corrected chi connectivity index (χ2v) is 10.6. The van der Waals surface area contributed by atoms with Crippen LogP contribution in [0.15, 0.2) is 64.1 Å². The van der Waals surface area contributed by atoms with Crippen molar-refractivity contribution in [3.05, 3.63) is 82.1 Å². The van der Waals surface area contributed by atoms with E-state index in [-0.39, 0.29) is 33.9 Å². The van der Waals surface area contributed by atoms with Gasteiger partial charge in [0.2, 0.25) is 0 Å². The lowest BCUT2D eigenvalue weighted by molar-refractivity contribution is 0.0910. The standard InChI is InChI=1S/C24H20N4O6S2/c1-13-22(31)21-15(11-26-13)12-34-23(21)18-8-14(19(29)9-20(18)30)10-27-16-2-4-17(5-3-16)36(32,33)28-24-25-6-7-35-24/h2-11,23,29-31H,12H2,1H3,(H,25,28). The van der Waals surface area contributed by atoms with Crippen LogP contribution in [0.1, 0.15) is 34.1 Å². The minimum atomic E-state index is -3.79. The Balaban J connectivity index is 1.40. The molecule has 0 radical (unpaired) electrons. The van der Waals surface area contributed by atoms with Crippen LogP contribution in [0, 0.1) is 6.92 Å². The van der Waals surface area contributed by atoms with E-state index in [0.717, 1.165) is 0 Å². The molecule has 5 rings (SSSR count). The number of benzene rings is 2. The third-order valence-corrected chi connectivity index (χ3v) is 7.81. The molecule has 4 aromatic rings. The van der Waals surface area contributed by atoms with Gasteiger partial charge in [0, 0.05) is 52.3 Å². The lowest BCUT2D eigenvalue weighted by atomic mass is 9.96. The van der Waals surface area contributed by atoms with E-state index in [0.29, 0.717) is 33.6 Å². The summed E-state index contributed by atoms with van der Waals surface area (Å²) < 4.78 is 33.2. The summed E-state index contributed by atoms with van der Waals surface area (Å²) >= 11 is 1.17. The summed E-state index contributed by atoms with van der Waals surface area (Å²) in [5.41, 5.74) is 2.77. The molecule has 1 aliphatic heterocycles. The van der Waals surface area contributed by atoms with Crippen LogP contribution < -0.4 is 4.72 Å². The molecule has 3 heterocycles. The van der Waals surface area contributed by atoms with Gasteiger partial charge < -0.3 is 20.1 Å². The number of anilines is 1. The Morgan fingerprint density at radius 3 is 2.64 bits per heavy atom. The van der Waals surface area contributed by atoms with E-state index in [9.17, 15) is 23.7 Å². The zero-order valence-corrected chi connectivity index (χ0v) is 20.4. The fraction of sp³-hybridized carbons (Fsp3) is 0.125. The summed E-state index contributed by atoms with van der Waals surface area (Å²) in [7, 11) is -3.79. The van der Waals surface area contributed by atoms with Gasteiger partial charge in [0.15, 0.2) is 5.13 Å². The number of pyridine rings is 1. The molecule has 4 N–H and O–H groups in total. The Morgan fingerprint density at radius 1 is 1.14 bits per heavy atom. The molecule has 1 unspecified atom stereocenters. The van der Waals surface area contributed by atoms with Crippen molar-refractivity contribution in [2.75, 3.05) is 4.72 Å². The third kappa shape index (κ3) is 4.49. The summed E-state index contributed by atoms with van der Waals surface area (Å²) in [5, 5.41) is 33.3. The first-order valence-electron chi connectivity index (χ1n) is 10.6. The van der Waals surface area contributed by atoms with E-state index in [4.69, 9.17) is 4.74 Å². The highest BCUT2D eigenvalue weighted by atomic mass is 32.2. The fourth-order valence-electron chi connectivity index (χ4n) is 3.79. The zero-order chi connectivity index (χ0) is 25.4. The highest BCUT2D eigenvalue weighted by Crippen LogP contribution is 2.45. The largest absolute Gasteiger partial charge is 0.507 e. The summed E-state index contributed by atoms with van der Waals surface area (Å²) in [6.45, 7) is 1.89. The number of aromatic nitrogens is 2. The van der Waals surface area contributed by atoms with Crippen LogP contribution in [-0.2, 0) is 21.4 Å². The smallest absolute Gasteiger partial charge is 0.263 e. The molecule has 1 aliphatic rings. The molecule has 0 amide bonds. The number of nitrogens with zero attached hydrogens (tertiary/aromatic N) is 3. The van der Waals surface area contributed by atoms with Crippen molar-refractivity contribution in [2.24, 2.45) is 4.99 Å². The number of sulfonamides is 1. The number of hydrogen-bond donors (Lipinski definition) is 4. The molecular formula is C24H20N4O6S2. The third-order valence-electron chi connectivity index (χ3n) is 5.64. The number of aliphatic imine (C=N–C) groups is 1. The number of hydrogen-bond acceptors (Lipinski definition) is 10. The predicted octanol–water partition coefficient (Wildman–Crippen LogP) is 4.13. The molecule has 0 saturated heterocycles. The highest BCUT2D eigenvalue weighted by Gasteiger charge is 2.32. The number of rotatable bonds is 6. The Morgan fingerprint density at radius 2 is 1.92 bits per heavy atom. The van der Waals surface area contributed by atoms with Gasteiger partial charge >= 0.3 is 0 Å². The summed E-state index contributed by atoms with van der Waals surface area (Å²) in [6, 6.07) is 8.58. The van der Waals surface area contributed by atoms with Crippen molar-refractivity contribution >= 4 is 38.4 Å². The number of nitrogens with one attached hydrogen (secondary N) is 1. The molecule has 0 aliphatic carbocycles. The van der Waals surface area contributed by atoms with Gasteiger partial charge in [-0.3, -0.25) is 14.7 Å². The number of fused-ring (bicyclic) bond motifs is 1. The van der Waals surface area contributed by atoms with Crippen molar-refractivity contribution < 1.29 is 28.5 Å². The van der Waals surface area contributed by atoms with Crippen LogP contribution in [0.2, 0.25) is 0 Å². The van der Waals surface area contributed by atoms with Gasteiger partial charge in [-0.25, -0.2) is 13.4 Å². The molecule has 0 fully saturated rings. The zero-order valence-electron chi connectivity index (χ0n) is 18.8. The lowest BCUT2D eigenvalue weighted by Crippen LogP contribution is -2.12. The van der Waals surface area contributed by atoms with E-state index in [1.165, 1.54) is 60.1 Å². The van der Waals surface area contributed by atoms with Crippen LogP contribution in [0.3, 0.4) is 0 Å². The number of phenolic OH excluding ortho intramolecular Hbond substituents is 2. The summed E-state index contributed by atoms with van der Waals surface area (Å²) in [4.78, 5) is 12.4. The maximum absolute atomic E-state index is 12.5. The van der Waals surface area contributed by atoms with E-state index in [2.05, 4.69) is 19.7 Å². The molecule has 12 heteroatoms. The van der Waals surface area contributed by atoms with Gasteiger partial charge in [-0.2, -0.15) is 0 Å². The fourth-order valence-corrected chi connectivity index (χ4v) is 5.58. The van der Waals surface area contributed by atoms with E-state index in [1.807, 2.05) is 0 Å². The van der Waals surface area contributed by atoms with Crippen LogP contribution in [-0.4, -0.2) is 39.9 Å². The maximum atomic E-state index is 12.5. The van der Waals surface area contributed by atoms with Crippen LogP contribution in [0.5, 0.6) is 17.2 Å². The molecule has 0 bridgehead atoms. The molecule has 2 aromatic heterocycles. The van der Waals surface area contributed by atoms with Crippen molar-refractivity contribution in [3.63, 3.8) is 0 Å². The second kappa shape index (κ2) is 9.22. The minimum Gasteiger partial charge on any atom is -0.507 e. The van der Waals surface area contributed by atoms with Crippen molar-refractivity contribution in [1.82, 2.24) is 9.97 Å². The predicted molar refractivity (Wildman–Crippen MR) is 134 cm³/mol. The van der Waals surface area contributed by atoms with Gasteiger partial charge in [-0.15, -0.1) is 11.3 Å². The van der Waals surface area contributed by atoms with Crippen molar-refractivity contribution in [2.45, 2.75) is 24.5 Å². The average molecular weight is 525 g/mol. The quantitative estimate of drug-likeness (QED) is 0.275. The Bertz CT molecular complexity index is 1570. The van der Waals surface area contributed by atoms with Crippen molar-refractivity contribution in [3.8, 4) is 17.2 Å². The van der Waals surface area contributed by atoms with E-state index >= 15 is 0 Å². The number of thiazole rings is 1. The van der Waals surface area contributed by atoms with Crippen LogP contribution in [0.25, 0.3) is 0 Å². The first-order valence-corrected chi connectivity index (χ1v) is 13.0. The van der Waals surface area contributed by atoms with E-state index < -0.39 is 16.1 Å². The SMILES string of the molecule is Cc1ncc2c(c1O)C(c1cc(C=Nc3ccc(S(=O)(=O)Nc4nccs4)cc3)c(O)cc1O)OC2. The molecule has 36 heavy (non-hydrogen) atoms. The maximum Gasteiger partial charge on any atom is 0.263 e. The number of phenols is 2. The molecule has 1 atom stereocenters. The van der Waals surface area contributed by atoms with Gasteiger partial charge in [0.25, 0.3) is 10.0 Å². The molecule has 184 valence electrons. The summed E-state index contributed by atoms with van der Waals surface area (Å²) in [5.74, 6) is -0.407. The number of ether oxygens (including phenoxy) is 1.